The second-order valence-electron chi connectivity index (χ2n) is 3.60. The molecule has 0 aliphatic rings. The first-order valence-corrected chi connectivity index (χ1v) is 6.50. The van der Waals surface area contributed by atoms with E-state index < -0.39 is 9.84 Å². The number of hydrogen-bond acceptors (Lipinski definition) is 3. The minimum atomic E-state index is -3.30. The summed E-state index contributed by atoms with van der Waals surface area (Å²) >= 11 is 0. The fraction of sp³-hybridized carbons (Fsp3) is 0.182. The van der Waals surface area contributed by atoms with Crippen LogP contribution in [0.4, 0.5) is 0 Å². The highest BCUT2D eigenvalue weighted by atomic mass is 32.2. The highest BCUT2D eigenvalue weighted by Gasteiger charge is 2.14. The first kappa shape index (κ1) is 10.9. The molecule has 1 aromatic heterocycles. The van der Waals surface area contributed by atoms with Crippen molar-refractivity contribution in [3.63, 3.8) is 0 Å². The largest absolute Gasteiger partial charge is 0.257 e. The number of aryl methyl sites for hydroxylation is 1. The van der Waals surface area contributed by atoms with Crippen LogP contribution in [0.2, 0.25) is 0 Å². The van der Waals surface area contributed by atoms with E-state index in [2.05, 4.69) is 5.10 Å². The summed E-state index contributed by atoms with van der Waals surface area (Å²) in [5.74, 6) is -0.122. The smallest absolute Gasteiger partial charge is 0.198 e. The van der Waals surface area contributed by atoms with Gasteiger partial charge in [0.1, 0.15) is 5.88 Å². The lowest BCUT2D eigenvalue weighted by atomic mass is 10.2. The molecule has 0 aliphatic carbocycles. The molecule has 1 aromatic carbocycles. The molecule has 4 nitrogen and oxygen atoms in total. The Kier molecular flexibility index (Phi) is 2.78. The fourth-order valence-corrected chi connectivity index (χ4v) is 2.57. The molecule has 0 amide bonds. The number of aromatic nitrogens is 2. The van der Waals surface area contributed by atoms with Crippen LogP contribution in [0.1, 0.15) is 5.56 Å². The maximum absolute atomic E-state index is 12.0. The van der Waals surface area contributed by atoms with Gasteiger partial charge in [-0.15, -0.1) is 0 Å². The minimum Gasteiger partial charge on any atom is -0.257 e. The summed E-state index contributed by atoms with van der Waals surface area (Å²) in [4.78, 5) is 0.327. The lowest BCUT2D eigenvalue weighted by molar-refractivity contribution is 0.575. The van der Waals surface area contributed by atoms with E-state index in [0.717, 1.165) is 5.56 Å². The van der Waals surface area contributed by atoms with Gasteiger partial charge in [-0.05, 0) is 25.1 Å². The van der Waals surface area contributed by atoms with E-state index in [1.54, 1.807) is 42.7 Å². The zero-order valence-electron chi connectivity index (χ0n) is 8.87. The maximum atomic E-state index is 12.0. The molecule has 1 heterocycles. The lowest BCUT2D eigenvalue weighted by Crippen LogP contribution is -2.11. The Labute approximate surface area is 94.5 Å². The maximum Gasteiger partial charge on any atom is 0.198 e. The number of rotatable bonds is 3. The zero-order valence-corrected chi connectivity index (χ0v) is 9.68. The number of sulfone groups is 1. The first-order chi connectivity index (χ1) is 7.58. The molecular formula is C11H12N2O2S. The Hall–Kier alpha value is -1.62. The predicted molar refractivity (Wildman–Crippen MR) is 60.6 cm³/mol. The third kappa shape index (κ3) is 2.30. The van der Waals surface area contributed by atoms with Crippen LogP contribution in [0.25, 0.3) is 0 Å². The molecule has 16 heavy (non-hydrogen) atoms. The van der Waals surface area contributed by atoms with Gasteiger partial charge in [0, 0.05) is 12.4 Å². The van der Waals surface area contributed by atoms with E-state index in [1.165, 1.54) is 4.68 Å². The van der Waals surface area contributed by atoms with Crippen LogP contribution in [0.15, 0.2) is 47.6 Å². The van der Waals surface area contributed by atoms with Crippen LogP contribution < -0.4 is 0 Å². The molecule has 5 heteroatoms. The Bertz CT molecular complexity index is 557. The normalized spacial score (nSPS) is 11.6. The van der Waals surface area contributed by atoms with Gasteiger partial charge in [0.2, 0.25) is 0 Å². The second kappa shape index (κ2) is 4.09. The van der Waals surface area contributed by atoms with Crippen molar-refractivity contribution < 1.29 is 8.42 Å². The van der Waals surface area contributed by atoms with Crippen molar-refractivity contribution in [1.29, 1.82) is 0 Å². The van der Waals surface area contributed by atoms with Crippen molar-refractivity contribution in [3.05, 3.63) is 48.3 Å². The summed E-state index contributed by atoms with van der Waals surface area (Å²) in [6.45, 7) is 1.92. The molecule has 0 atom stereocenters. The van der Waals surface area contributed by atoms with Gasteiger partial charge in [-0.1, -0.05) is 17.7 Å². The Morgan fingerprint density at radius 3 is 2.50 bits per heavy atom. The summed E-state index contributed by atoms with van der Waals surface area (Å²) in [6, 6.07) is 8.51. The number of hydrogen-bond donors (Lipinski definition) is 0. The van der Waals surface area contributed by atoms with E-state index in [9.17, 15) is 8.42 Å². The molecular weight excluding hydrogens is 224 g/mol. The molecule has 0 N–H and O–H groups in total. The van der Waals surface area contributed by atoms with Crippen molar-refractivity contribution >= 4 is 9.84 Å². The standard InChI is InChI=1S/C11H12N2O2S/c1-10-3-5-11(6-4-10)16(14,15)9-13-8-2-7-12-13/h2-8H,9H2,1H3. The Morgan fingerprint density at radius 2 is 1.94 bits per heavy atom. The topological polar surface area (TPSA) is 52.0 Å². The van der Waals surface area contributed by atoms with Crippen molar-refractivity contribution in [2.75, 3.05) is 0 Å². The molecule has 0 radical (unpaired) electrons. The fourth-order valence-electron chi connectivity index (χ4n) is 1.37. The third-order valence-corrected chi connectivity index (χ3v) is 3.84. The molecule has 0 spiro atoms. The average molecular weight is 236 g/mol. The van der Waals surface area contributed by atoms with Gasteiger partial charge in [-0.25, -0.2) is 8.42 Å². The van der Waals surface area contributed by atoms with Gasteiger partial charge in [0.25, 0.3) is 0 Å². The first-order valence-electron chi connectivity index (χ1n) is 4.85. The highest BCUT2D eigenvalue weighted by Crippen LogP contribution is 2.13. The summed E-state index contributed by atoms with van der Waals surface area (Å²) in [7, 11) is -3.30. The minimum absolute atomic E-state index is 0.122. The van der Waals surface area contributed by atoms with Crippen molar-refractivity contribution in [1.82, 2.24) is 9.78 Å². The molecule has 0 fully saturated rings. The van der Waals surface area contributed by atoms with Crippen molar-refractivity contribution in [2.45, 2.75) is 17.7 Å². The number of nitrogens with zero attached hydrogens (tertiary/aromatic N) is 2. The summed E-state index contributed by atoms with van der Waals surface area (Å²) < 4.78 is 25.3. The quantitative estimate of drug-likeness (QED) is 0.813. The number of benzene rings is 1. The van der Waals surface area contributed by atoms with Gasteiger partial charge < -0.3 is 0 Å². The SMILES string of the molecule is Cc1ccc(S(=O)(=O)Cn2cccn2)cc1. The van der Waals surface area contributed by atoms with Crippen LogP contribution >= 0.6 is 0 Å². The lowest BCUT2D eigenvalue weighted by Gasteiger charge is -2.04. The van der Waals surface area contributed by atoms with Crippen molar-refractivity contribution in [2.24, 2.45) is 0 Å². The second-order valence-corrected chi connectivity index (χ2v) is 5.56. The van der Waals surface area contributed by atoms with Crippen LogP contribution in [-0.4, -0.2) is 18.2 Å². The molecule has 0 aliphatic heterocycles. The van der Waals surface area contributed by atoms with Crippen LogP contribution in [0.5, 0.6) is 0 Å². The van der Waals surface area contributed by atoms with Gasteiger partial charge in [0.15, 0.2) is 9.84 Å². The van der Waals surface area contributed by atoms with E-state index in [1.807, 2.05) is 6.92 Å². The molecule has 0 saturated carbocycles. The average Bonchev–Trinajstić information content (AvgIpc) is 2.70. The summed E-state index contributed by atoms with van der Waals surface area (Å²) in [6.07, 6.45) is 3.19. The van der Waals surface area contributed by atoms with Gasteiger partial charge in [-0.3, -0.25) is 4.68 Å². The summed E-state index contributed by atoms with van der Waals surface area (Å²) in [5, 5.41) is 3.88. The van der Waals surface area contributed by atoms with Gasteiger partial charge in [-0.2, -0.15) is 5.10 Å². The third-order valence-electron chi connectivity index (χ3n) is 2.24. The Morgan fingerprint density at radius 1 is 1.25 bits per heavy atom. The van der Waals surface area contributed by atoms with Crippen LogP contribution in [0, 0.1) is 6.92 Å². The van der Waals surface area contributed by atoms with Gasteiger partial charge in [0.05, 0.1) is 4.90 Å². The summed E-state index contributed by atoms with van der Waals surface area (Å²) in [5.41, 5.74) is 1.04. The molecule has 84 valence electrons. The van der Waals surface area contributed by atoms with Crippen LogP contribution in [-0.2, 0) is 15.7 Å². The monoisotopic (exact) mass is 236 g/mol. The molecule has 2 rings (SSSR count). The van der Waals surface area contributed by atoms with E-state index in [4.69, 9.17) is 0 Å². The van der Waals surface area contributed by atoms with E-state index in [-0.39, 0.29) is 5.88 Å². The highest BCUT2D eigenvalue weighted by molar-refractivity contribution is 7.90. The zero-order chi connectivity index (χ0) is 11.6. The van der Waals surface area contributed by atoms with Crippen LogP contribution in [0.3, 0.4) is 0 Å². The van der Waals surface area contributed by atoms with Crippen molar-refractivity contribution in [3.8, 4) is 0 Å². The Balaban J connectivity index is 2.29. The predicted octanol–water partition coefficient (Wildman–Crippen LogP) is 1.62. The molecule has 0 unspecified atom stereocenters. The molecule has 0 saturated heterocycles. The van der Waals surface area contributed by atoms with Gasteiger partial charge >= 0.3 is 0 Å². The van der Waals surface area contributed by atoms with E-state index in [0.29, 0.717) is 4.90 Å². The molecule has 0 bridgehead atoms. The van der Waals surface area contributed by atoms with E-state index >= 15 is 0 Å². The molecule has 2 aromatic rings.